The molecule has 126 valence electrons. The first-order valence-electron chi connectivity index (χ1n) is 7.20. The van der Waals surface area contributed by atoms with Gasteiger partial charge in [0.15, 0.2) is 5.92 Å². The molecule has 0 bridgehead atoms. The molecule has 0 unspecified atom stereocenters. The molecular formula is C17H11BrIN3O3. The maximum absolute atomic E-state index is 12.7. The van der Waals surface area contributed by atoms with E-state index in [1.165, 1.54) is 6.21 Å². The van der Waals surface area contributed by atoms with Crippen molar-refractivity contribution in [1.82, 2.24) is 5.32 Å². The molecule has 1 fully saturated rings. The highest BCUT2D eigenvalue weighted by molar-refractivity contribution is 14.1. The summed E-state index contributed by atoms with van der Waals surface area (Å²) in [6.45, 7) is 0. The van der Waals surface area contributed by atoms with Gasteiger partial charge in [-0.15, -0.1) is 0 Å². The number of rotatable bonds is 3. The first-order valence-corrected chi connectivity index (χ1v) is 9.07. The summed E-state index contributed by atoms with van der Waals surface area (Å²) >= 11 is 5.46. The summed E-state index contributed by atoms with van der Waals surface area (Å²) in [6.07, 6.45) is 1.26. The third-order valence-corrected chi connectivity index (χ3v) is 4.68. The summed E-state index contributed by atoms with van der Waals surface area (Å²) in [4.78, 5) is 41.9. The van der Waals surface area contributed by atoms with Gasteiger partial charge in [0.25, 0.3) is 5.91 Å². The molecule has 1 atom stereocenters. The molecule has 1 N–H and O–H groups in total. The Labute approximate surface area is 165 Å². The van der Waals surface area contributed by atoms with Crippen LogP contribution < -0.4 is 10.2 Å². The minimum atomic E-state index is -1.17. The van der Waals surface area contributed by atoms with E-state index in [-0.39, 0.29) is 0 Å². The summed E-state index contributed by atoms with van der Waals surface area (Å²) in [5.41, 5.74) is 0.990. The second-order valence-electron chi connectivity index (χ2n) is 5.18. The Morgan fingerprint density at radius 3 is 2.52 bits per heavy atom. The van der Waals surface area contributed by atoms with Crippen molar-refractivity contribution in [2.45, 2.75) is 0 Å². The highest BCUT2D eigenvalue weighted by Gasteiger charge is 2.40. The molecule has 6 nitrogen and oxygen atoms in total. The number of aliphatic imine (C=N–C) groups is 1. The Bertz CT molecular complexity index is 883. The lowest BCUT2D eigenvalue weighted by Gasteiger charge is -2.28. The molecule has 0 spiro atoms. The van der Waals surface area contributed by atoms with Crippen LogP contribution in [0.5, 0.6) is 0 Å². The second kappa shape index (κ2) is 7.44. The average molecular weight is 512 g/mol. The molecule has 1 aliphatic rings. The number of imide groups is 2. The number of barbiturate groups is 1. The highest BCUT2D eigenvalue weighted by atomic mass is 127. The van der Waals surface area contributed by atoms with Crippen LogP contribution >= 0.6 is 38.5 Å². The largest absolute Gasteiger partial charge is 0.335 e. The first kappa shape index (κ1) is 17.7. The molecular weight excluding hydrogens is 501 g/mol. The third kappa shape index (κ3) is 3.96. The smallest absolute Gasteiger partial charge is 0.276 e. The Hall–Kier alpha value is -2.07. The molecule has 25 heavy (non-hydrogen) atoms. The Kier molecular flexibility index (Phi) is 5.28. The van der Waals surface area contributed by atoms with Gasteiger partial charge >= 0.3 is 6.03 Å². The monoisotopic (exact) mass is 511 g/mol. The maximum Gasteiger partial charge on any atom is 0.335 e. The normalized spacial score (nSPS) is 17.9. The van der Waals surface area contributed by atoms with Crippen LogP contribution in [0, 0.1) is 9.49 Å². The van der Waals surface area contributed by atoms with Crippen molar-refractivity contribution in [3.05, 3.63) is 56.6 Å². The molecule has 1 saturated heterocycles. The molecule has 2 aromatic rings. The Morgan fingerprint density at radius 1 is 1.12 bits per heavy atom. The summed E-state index contributed by atoms with van der Waals surface area (Å²) in [5, 5.41) is 2.20. The predicted molar refractivity (Wildman–Crippen MR) is 106 cm³/mol. The van der Waals surface area contributed by atoms with Crippen LogP contribution in [0.4, 0.5) is 16.2 Å². The Morgan fingerprint density at radius 2 is 1.84 bits per heavy atom. The van der Waals surface area contributed by atoms with E-state index >= 15 is 0 Å². The van der Waals surface area contributed by atoms with Crippen LogP contribution in [0.2, 0.25) is 0 Å². The number of amides is 4. The summed E-state index contributed by atoms with van der Waals surface area (Å²) < 4.78 is 1.80. The summed E-state index contributed by atoms with van der Waals surface area (Å²) in [5.74, 6) is -2.49. The number of carbonyl (C=O) groups excluding carboxylic acids is 3. The fourth-order valence-electron chi connectivity index (χ4n) is 2.27. The number of benzene rings is 2. The first-order chi connectivity index (χ1) is 12.0. The van der Waals surface area contributed by atoms with Crippen molar-refractivity contribution in [2.75, 3.05) is 4.90 Å². The van der Waals surface area contributed by atoms with Crippen molar-refractivity contribution in [3.8, 4) is 0 Å². The molecule has 1 aliphatic heterocycles. The Balaban J connectivity index is 1.89. The molecule has 0 saturated carbocycles. The molecule has 0 aromatic heterocycles. The summed E-state index contributed by atoms with van der Waals surface area (Å²) in [7, 11) is 0. The lowest BCUT2D eigenvalue weighted by molar-refractivity contribution is -0.131. The van der Waals surface area contributed by atoms with Gasteiger partial charge in [-0.3, -0.25) is 19.9 Å². The standard InChI is InChI=1S/C17H11BrIN3O3/c18-10-2-1-3-12(8-10)20-9-14-15(23)21-17(25)22(16(14)24)13-6-4-11(19)5-7-13/h1-9,14H,(H,21,23,25)/t14-/m1/s1. The number of urea groups is 1. The molecule has 2 aromatic carbocycles. The highest BCUT2D eigenvalue weighted by Crippen LogP contribution is 2.22. The van der Waals surface area contributed by atoms with Gasteiger partial charge in [-0.05, 0) is 65.1 Å². The van der Waals surface area contributed by atoms with Crippen LogP contribution in [0.25, 0.3) is 0 Å². The number of nitrogens with one attached hydrogen (secondary N) is 1. The maximum atomic E-state index is 12.7. The zero-order valence-corrected chi connectivity index (χ0v) is 16.4. The predicted octanol–water partition coefficient (Wildman–Crippen LogP) is 3.66. The van der Waals surface area contributed by atoms with Crippen LogP contribution in [-0.2, 0) is 9.59 Å². The van der Waals surface area contributed by atoms with Gasteiger partial charge in [0.2, 0.25) is 5.91 Å². The van der Waals surface area contributed by atoms with Gasteiger partial charge in [0, 0.05) is 14.3 Å². The van der Waals surface area contributed by atoms with Crippen molar-refractivity contribution in [1.29, 1.82) is 0 Å². The SMILES string of the molecule is O=C1NC(=O)N(c2ccc(I)cc2)C(=O)[C@@H]1C=Nc1cccc(Br)c1. The number of halogens is 2. The lowest BCUT2D eigenvalue weighted by atomic mass is 10.1. The van der Waals surface area contributed by atoms with Crippen molar-refractivity contribution in [3.63, 3.8) is 0 Å². The van der Waals surface area contributed by atoms with E-state index in [4.69, 9.17) is 0 Å². The van der Waals surface area contributed by atoms with Crippen LogP contribution in [0.1, 0.15) is 0 Å². The number of carbonyl (C=O) groups is 3. The number of anilines is 1. The second-order valence-corrected chi connectivity index (χ2v) is 7.34. The van der Waals surface area contributed by atoms with E-state index in [1.54, 1.807) is 42.5 Å². The summed E-state index contributed by atoms with van der Waals surface area (Å²) in [6, 6.07) is 13.2. The fraction of sp³-hybridized carbons (Fsp3) is 0.0588. The van der Waals surface area contributed by atoms with Gasteiger partial charge in [0.1, 0.15) is 0 Å². The number of nitrogens with zero attached hydrogens (tertiary/aromatic N) is 2. The van der Waals surface area contributed by atoms with E-state index in [1.807, 2.05) is 6.07 Å². The van der Waals surface area contributed by atoms with Gasteiger partial charge in [-0.1, -0.05) is 22.0 Å². The van der Waals surface area contributed by atoms with E-state index in [0.717, 1.165) is 12.9 Å². The van der Waals surface area contributed by atoms with E-state index in [9.17, 15) is 14.4 Å². The van der Waals surface area contributed by atoms with E-state index in [0.29, 0.717) is 11.4 Å². The van der Waals surface area contributed by atoms with Crippen molar-refractivity contribution < 1.29 is 14.4 Å². The zero-order valence-electron chi connectivity index (χ0n) is 12.6. The molecule has 0 aliphatic carbocycles. The van der Waals surface area contributed by atoms with Crippen molar-refractivity contribution >= 4 is 74.0 Å². The van der Waals surface area contributed by atoms with Gasteiger partial charge in [0.05, 0.1) is 11.4 Å². The third-order valence-electron chi connectivity index (χ3n) is 3.47. The zero-order chi connectivity index (χ0) is 18.0. The topological polar surface area (TPSA) is 78.8 Å². The van der Waals surface area contributed by atoms with Crippen LogP contribution in [0.15, 0.2) is 58.0 Å². The van der Waals surface area contributed by atoms with Crippen LogP contribution in [-0.4, -0.2) is 24.1 Å². The van der Waals surface area contributed by atoms with Gasteiger partial charge < -0.3 is 0 Å². The van der Waals surface area contributed by atoms with Gasteiger partial charge in [-0.25, -0.2) is 9.69 Å². The average Bonchev–Trinajstić information content (AvgIpc) is 2.56. The van der Waals surface area contributed by atoms with Crippen molar-refractivity contribution in [2.24, 2.45) is 10.9 Å². The fourth-order valence-corrected chi connectivity index (χ4v) is 3.02. The molecule has 4 amide bonds. The van der Waals surface area contributed by atoms with Gasteiger partial charge in [-0.2, -0.15) is 0 Å². The van der Waals surface area contributed by atoms with Crippen LogP contribution in [0.3, 0.4) is 0 Å². The molecule has 8 heteroatoms. The number of hydrogen-bond acceptors (Lipinski definition) is 4. The molecule has 3 rings (SSSR count). The van der Waals surface area contributed by atoms with E-state index in [2.05, 4.69) is 48.8 Å². The molecule has 0 radical (unpaired) electrons. The molecule has 1 heterocycles. The van der Waals surface area contributed by atoms with E-state index < -0.39 is 23.8 Å². The quantitative estimate of drug-likeness (QED) is 0.388. The minimum absolute atomic E-state index is 0.399. The number of hydrogen-bond donors (Lipinski definition) is 1. The minimum Gasteiger partial charge on any atom is -0.276 e. The lowest BCUT2D eigenvalue weighted by Crippen LogP contribution is -2.58.